The number of nitrogens with zero attached hydrogens (tertiary/aromatic N) is 1. The van der Waals surface area contributed by atoms with Gasteiger partial charge in [0.1, 0.15) is 0 Å². The monoisotopic (exact) mass is 344 g/mol. The molecule has 0 unspecified atom stereocenters. The van der Waals surface area contributed by atoms with Crippen LogP contribution in [0.15, 0.2) is 24.3 Å². The van der Waals surface area contributed by atoms with Gasteiger partial charge in [-0.15, -0.1) is 0 Å². The molecule has 1 saturated heterocycles. The van der Waals surface area contributed by atoms with Crippen molar-refractivity contribution >= 4 is 22.6 Å². The molecule has 1 aromatic carbocycles. The smallest absolute Gasteiger partial charge is 0.0236 e. The van der Waals surface area contributed by atoms with Crippen molar-refractivity contribution in [3.8, 4) is 0 Å². The van der Waals surface area contributed by atoms with Crippen LogP contribution in [-0.2, 0) is 6.54 Å². The Morgan fingerprint density at radius 3 is 2.47 bits per heavy atom. The van der Waals surface area contributed by atoms with E-state index in [-0.39, 0.29) is 0 Å². The second kappa shape index (κ2) is 6.71. The van der Waals surface area contributed by atoms with Gasteiger partial charge in [-0.05, 0) is 72.8 Å². The Morgan fingerprint density at radius 1 is 1.24 bits per heavy atom. The molecule has 3 heteroatoms. The Kier molecular flexibility index (Phi) is 5.25. The number of benzene rings is 1. The summed E-state index contributed by atoms with van der Waals surface area (Å²) < 4.78 is 1.32. The van der Waals surface area contributed by atoms with Gasteiger partial charge in [-0.1, -0.05) is 19.1 Å². The number of hydrogen-bond donors (Lipinski definition) is 1. The molecule has 1 N–H and O–H groups in total. The van der Waals surface area contributed by atoms with Gasteiger partial charge in [-0.25, -0.2) is 0 Å². The van der Waals surface area contributed by atoms with Crippen molar-refractivity contribution in [2.75, 3.05) is 19.6 Å². The molecule has 1 fully saturated rings. The van der Waals surface area contributed by atoms with Crippen molar-refractivity contribution in [3.63, 3.8) is 0 Å². The van der Waals surface area contributed by atoms with Crippen molar-refractivity contribution in [1.82, 2.24) is 10.2 Å². The van der Waals surface area contributed by atoms with Gasteiger partial charge in [0.2, 0.25) is 0 Å². The van der Waals surface area contributed by atoms with E-state index in [9.17, 15) is 0 Å². The predicted molar refractivity (Wildman–Crippen MR) is 81.1 cm³/mol. The van der Waals surface area contributed by atoms with Crippen molar-refractivity contribution in [3.05, 3.63) is 33.4 Å². The topological polar surface area (TPSA) is 15.3 Å². The van der Waals surface area contributed by atoms with E-state index < -0.39 is 0 Å². The van der Waals surface area contributed by atoms with E-state index in [0.717, 1.165) is 19.1 Å². The Hall–Kier alpha value is -0.130. The van der Waals surface area contributed by atoms with Crippen molar-refractivity contribution in [2.24, 2.45) is 0 Å². The highest BCUT2D eigenvalue weighted by Crippen LogP contribution is 2.16. The molecule has 0 spiro atoms. The van der Waals surface area contributed by atoms with Gasteiger partial charge >= 0.3 is 0 Å². The fraction of sp³-hybridized carbons (Fsp3) is 0.571. The Balaban J connectivity index is 1.96. The zero-order chi connectivity index (χ0) is 12.1. The third kappa shape index (κ3) is 3.93. The molecule has 2 rings (SSSR count). The minimum absolute atomic E-state index is 0.764. The lowest BCUT2D eigenvalue weighted by Crippen LogP contribution is -2.42. The van der Waals surface area contributed by atoms with Crippen LogP contribution in [0.3, 0.4) is 0 Å². The third-order valence-corrected chi connectivity index (χ3v) is 4.25. The van der Waals surface area contributed by atoms with Crippen LogP contribution in [0.4, 0.5) is 0 Å². The number of nitrogens with one attached hydrogen (secondary N) is 1. The molecule has 17 heavy (non-hydrogen) atoms. The van der Waals surface area contributed by atoms with Crippen LogP contribution < -0.4 is 5.32 Å². The average molecular weight is 344 g/mol. The minimum Gasteiger partial charge on any atom is -0.317 e. The highest BCUT2D eigenvalue weighted by Gasteiger charge is 2.19. The van der Waals surface area contributed by atoms with E-state index in [1.165, 1.54) is 35.1 Å². The van der Waals surface area contributed by atoms with Crippen LogP contribution in [-0.4, -0.2) is 30.6 Å². The van der Waals surface area contributed by atoms with Crippen LogP contribution >= 0.6 is 22.6 Å². The van der Waals surface area contributed by atoms with Gasteiger partial charge in [0.25, 0.3) is 0 Å². The van der Waals surface area contributed by atoms with Crippen molar-refractivity contribution < 1.29 is 0 Å². The van der Waals surface area contributed by atoms with Crippen molar-refractivity contribution in [2.45, 2.75) is 32.4 Å². The van der Waals surface area contributed by atoms with Crippen LogP contribution in [0, 0.1) is 3.57 Å². The molecule has 0 bridgehead atoms. The fourth-order valence-electron chi connectivity index (χ4n) is 2.50. The van der Waals surface area contributed by atoms with E-state index in [1.807, 2.05) is 0 Å². The summed E-state index contributed by atoms with van der Waals surface area (Å²) in [7, 11) is 0. The summed E-state index contributed by atoms with van der Waals surface area (Å²) in [5.41, 5.74) is 1.44. The zero-order valence-electron chi connectivity index (χ0n) is 10.5. The van der Waals surface area contributed by atoms with Gasteiger partial charge in [0, 0.05) is 16.2 Å². The average Bonchev–Trinajstić information content (AvgIpc) is 2.39. The largest absolute Gasteiger partial charge is 0.317 e. The van der Waals surface area contributed by atoms with Gasteiger partial charge in [-0.3, -0.25) is 4.90 Å². The summed E-state index contributed by atoms with van der Waals surface area (Å²) in [4.78, 5) is 2.61. The number of piperidine rings is 1. The second-order valence-electron chi connectivity index (χ2n) is 4.67. The quantitative estimate of drug-likeness (QED) is 0.845. The van der Waals surface area contributed by atoms with Crippen LogP contribution in [0.5, 0.6) is 0 Å². The lowest BCUT2D eigenvalue weighted by molar-refractivity contribution is 0.162. The molecule has 2 nitrogen and oxygen atoms in total. The Labute approximate surface area is 118 Å². The molecule has 1 aliphatic heterocycles. The predicted octanol–water partition coefficient (Wildman–Crippen LogP) is 2.87. The molecule has 0 radical (unpaired) electrons. The van der Waals surface area contributed by atoms with Gasteiger partial charge in [-0.2, -0.15) is 0 Å². The molecular weight excluding hydrogens is 323 g/mol. The van der Waals surface area contributed by atoms with E-state index in [0.29, 0.717) is 0 Å². The van der Waals surface area contributed by atoms with Gasteiger partial charge in [0.15, 0.2) is 0 Å². The lowest BCUT2D eigenvalue weighted by Gasteiger charge is -2.33. The summed E-state index contributed by atoms with van der Waals surface area (Å²) in [6.07, 6.45) is 2.58. The maximum Gasteiger partial charge on any atom is 0.0236 e. The lowest BCUT2D eigenvalue weighted by atomic mass is 10.0. The molecule has 94 valence electrons. The fourth-order valence-corrected chi connectivity index (χ4v) is 2.85. The molecule has 1 aliphatic rings. The highest BCUT2D eigenvalue weighted by molar-refractivity contribution is 14.1. The SMILES string of the molecule is CCN(Cc1ccc(I)cc1)C1CCNCC1. The molecule has 0 aromatic heterocycles. The Bertz CT molecular complexity index is 331. The number of rotatable bonds is 4. The maximum absolute atomic E-state index is 3.44. The number of hydrogen-bond acceptors (Lipinski definition) is 2. The molecule has 0 aliphatic carbocycles. The summed E-state index contributed by atoms with van der Waals surface area (Å²) in [6, 6.07) is 9.68. The molecule has 1 aromatic rings. The van der Waals surface area contributed by atoms with Crippen molar-refractivity contribution in [1.29, 1.82) is 0 Å². The molecule has 0 atom stereocenters. The highest BCUT2D eigenvalue weighted by atomic mass is 127. The summed E-state index contributed by atoms with van der Waals surface area (Å²) in [6.45, 7) is 6.87. The standard InChI is InChI=1S/C14H21IN2/c1-2-17(14-7-9-16-10-8-14)11-12-3-5-13(15)6-4-12/h3-6,14,16H,2,7-11H2,1H3. The third-order valence-electron chi connectivity index (χ3n) is 3.53. The summed E-state index contributed by atoms with van der Waals surface area (Å²) in [5, 5.41) is 3.44. The summed E-state index contributed by atoms with van der Waals surface area (Å²) in [5.74, 6) is 0. The van der Waals surface area contributed by atoms with Crippen LogP contribution in [0.1, 0.15) is 25.3 Å². The summed E-state index contributed by atoms with van der Waals surface area (Å²) >= 11 is 2.36. The van der Waals surface area contributed by atoms with E-state index >= 15 is 0 Å². The van der Waals surface area contributed by atoms with Crippen LogP contribution in [0.2, 0.25) is 0 Å². The first-order valence-electron chi connectivity index (χ1n) is 6.49. The first kappa shape index (κ1) is 13.3. The first-order valence-corrected chi connectivity index (χ1v) is 7.56. The first-order chi connectivity index (χ1) is 8.29. The molecular formula is C14H21IN2. The number of halogens is 1. The van der Waals surface area contributed by atoms with Gasteiger partial charge < -0.3 is 5.32 Å². The molecule has 0 amide bonds. The van der Waals surface area contributed by atoms with E-state index in [4.69, 9.17) is 0 Å². The van der Waals surface area contributed by atoms with E-state index in [2.05, 4.69) is 64.0 Å². The van der Waals surface area contributed by atoms with Crippen LogP contribution in [0.25, 0.3) is 0 Å². The normalized spacial score (nSPS) is 17.6. The Morgan fingerprint density at radius 2 is 1.88 bits per heavy atom. The second-order valence-corrected chi connectivity index (χ2v) is 5.92. The maximum atomic E-state index is 3.44. The van der Waals surface area contributed by atoms with E-state index in [1.54, 1.807) is 0 Å². The minimum atomic E-state index is 0.764. The van der Waals surface area contributed by atoms with Gasteiger partial charge in [0.05, 0.1) is 0 Å². The molecule has 0 saturated carbocycles. The molecule has 1 heterocycles. The zero-order valence-corrected chi connectivity index (χ0v) is 12.6.